The van der Waals surface area contributed by atoms with E-state index in [4.69, 9.17) is 9.97 Å². The van der Waals surface area contributed by atoms with Crippen molar-refractivity contribution in [2.45, 2.75) is 57.0 Å². The maximum absolute atomic E-state index is 13.3. The van der Waals surface area contributed by atoms with Gasteiger partial charge in [0, 0.05) is 50.8 Å². The Morgan fingerprint density at radius 2 is 1.77 bits per heavy atom. The second-order valence-corrected chi connectivity index (χ2v) is 9.05. The van der Waals surface area contributed by atoms with Crippen molar-refractivity contribution >= 4 is 17.4 Å². The minimum Gasteiger partial charge on any atom is -0.363 e. The van der Waals surface area contributed by atoms with Gasteiger partial charge in [0.15, 0.2) is 0 Å². The van der Waals surface area contributed by atoms with Gasteiger partial charge in [-0.2, -0.15) is 0 Å². The lowest BCUT2D eigenvalue weighted by Crippen LogP contribution is -2.33. The number of rotatable bonds is 6. The molecule has 166 valence electrons. The number of halogens is 1. The first kappa shape index (κ1) is 21.7. The van der Waals surface area contributed by atoms with Gasteiger partial charge >= 0.3 is 0 Å². The van der Waals surface area contributed by atoms with E-state index >= 15 is 0 Å². The molecule has 2 fully saturated rings. The van der Waals surface area contributed by atoms with E-state index in [-0.39, 0.29) is 17.6 Å². The van der Waals surface area contributed by atoms with Crippen molar-refractivity contribution in [3.8, 4) is 0 Å². The topological polar surface area (TPSA) is 52.6 Å². The van der Waals surface area contributed by atoms with Crippen LogP contribution in [0.25, 0.3) is 0 Å². The van der Waals surface area contributed by atoms with Gasteiger partial charge in [0.25, 0.3) is 0 Å². The predicted molar refractivity (Wildman–Crippen MR) is 121 cm³/mol. The first-order valence-corrected chi connectivity index (χ1v) is 11.2. The van der Waals surface area contributed by atoms with Crippen LogP contribution < -0.4 is 9.80 Å². The zero-order chi connectivity index (χ0) is 22.0. The van der Waals surface area contributed by atoms with Crippen molar-refractivity contribution in [2.24, 2.45) is 0 Å². The van der Waals surface area contributed by atoms with Crippen LogP contribution in [-0.2, 0) is 11.3 Å². The molecule has 4 rings (SSSR count). The summed E-state index contributed by atoms with van der Waals surface area (Å²) in [5.41, 5.74) is 1.64. The van der Waals surface area contributed by atoms with E-state index in [1.54, 1.807) is 17.0 Å². The highest BCUT2D eigenvalue weighted by Gasteiger charge is 2.33. The van der Waals surface area contributed by atoms with Gasteiger partial charge in [-0.25, -0.2) is 14.4 Å². The molecule has 7 heteroatoms. The lowest BCUT2D eigenvalue weighted by molar-refractivity contribution is -0.117. The molecule has 2 aliphatic rings. The Morgan fingerprint density at radius 3 is 2.45 bits per heavy atom. The third kappa shape index (κ3) is 5.03. The molecule has 0 bridgehead atoms. The Morgan fingerprint density at radius 1 is 1.06 bits per heavy atom. The van der Waals surface area contributed by atoms with E-state index in [1.165, 1.54) is 44.2 Å². The van der Waals surface area contributed by atoms with Gasteiger partial charge in [-0.1, -0.05) is 19.3 Å². The number of anilines is 2. The van der Waals surface area contributed by atoms with Gasteiger partial charge in [-0.05, 0) is 44.2 Å². The molecule has 1 amide bonds. The first-order chi connectivity index (χ1) is 14.9. The zero-order valence-electron chi connectivity index (χ0n) is 18.7. The molecule has 0 N–H and O–H groups in total. The first-order valence-electron chi connectivity index (χ1n) is 11.2. The van der Waals surface area contributed by atoms with Crippen LogP contribution in [0.15, 0.2) is 30.3 Å². The second-order valence-electron chi connectivity index (χ2n) is 9.05. The zero-order valence-corrected chi connectivity index (χ0v) is 18.7. The molecule has 1 aromatic heterocycles. The molecular weight excluding hydrogens is 393 g/mol. The van der Waals surface area contributed by atoms with Crippen molar-refractivity contribution in [1.29, 1.82) is 0 Å². The van der Waals surface area contributed by atoms with Crippen LogP contribution in [-0.4, -0.2) is 54.5 Å². The summed E-state index contributed by atoms with van der Waals surface area (Å²) in [4.78, 5) is 28.5. The van der Waals surface area contributed by atoms with Crippen molar-refractivity contribution in [2.75, 3.05) is 37.5 Å². The second kappa shape index (κ2) is 9.30. The van der Waals surface area contributed by atoms with Gasteiger partial charge in [0.2, 0.25) is 5.91 Å². The molecule has 0 radical (unpaired) electrons. The minimum atomic E-state index is -0.301. The van der Waals surface area contributed by atoms with Crippen molar-refractivity contribution in [3.05, 3.63) is 47.7 Å². The van der Waals surface area contributed by atoms with Crippen LogP contribution in [0.1, 0.15) is 56.0 Å². The van der Waals surface area contributed by atoms with Crippen molar-refractivity contribution in [3.63, 3.8) is 0 Å². The number of aromatic nitrogens is 2. The molecule has 0 unspecified atom stereocenters. The van der Waals surface area contributed by atoms with Crippen molar-refractivity contribution in [1.82, 2.24) is 14.9 Å². The molecule has 1 saturated carbocycles. The van der Waals surface area contributed by atoms with Gasteiger partial charge < -0.3 is 9.80 Å². The Hall–Kier alpha value is -2.54. The fourth-order valence-corrected chi connectivity index (χ4v) is 4.66. The normalized spacial score (nSPS) is 20.0. The number of carbonyl (C=O) groups excluding carboxylic acids is 1. The Bertz CT molecular complexity index is 911. The highest BCUT2D eigenvalue weighted by molar-refractivity contribution is 5.96. The minimum absolute atomic E-state index is 0.00186. The van der Waals surface area contributed by atoms with Crippen LogP contribution in [0.5, 0.6) is 0 Å². The Kier molecular flexibility index (Phi) is 6.51. The van der Waals surface area contributed by atoms with Gasteiger partial charge in [0.1, 0.15) is 17.5 Å². The van der Waals surface area contributed by atoms with Gasteiger partial charge in [-0.3, -0.25) is 9.69 Å². The molecule has 0 spiro atoms. The summed E-state index contributed by atoms with van der Waals surface area (Å²) in [5.74, 6) is 1.41. The quantitative estimate of drug-likeness (QED) is 0.701. The smallest absolute Gasteiger partial charge is 0.227 e. The van der Waals surface area contributed by atoms with Crippen LogP contribution in [0.3, 0.4) is 0 Å². The van der Waals surface area contributed by atoms with Crippen LogP contribution >= 0.6 is 0 Å². The third-order valence-corrected chi connectivity index (χ3v) is 6.51. The van der Waals surface area contributed by atoms with E-state index in [0.717, 1.165) is 23.0 Å². The predicted octanol–water partition coefficient (Wildman–Crippen LogP) is 3.97. The number of hydrogen-bond donors (Lipinski definition) is 0. The maximum atomic E-state index is 13.3. The maximum Gasteiger partial charge on any atom is 0.227 e. The number of amides is 1. The number of hydrogen-bond acceptors (Lipinski definition) is 5. The Balaban J connectivity index is 1.54. The summed E-state index contributed by atoms with van der Waals surface area (Å²) in [7, 11) is 6.12. The van der Waals surface area contributed by atoms with Gasteiger partial charge in [-0.15, -0.1) is 0 Å². The summed E-state index contributed by atoms with van der Waals surface area (Å²) in [6.07, 6.45) is 6.80. The number of carbonyl (C=O) groups is 1. The average molecular weight is 426 g/mol. The van der Waals surface area contributed by atoms with Crippen LogP contribution in [0.2, 0.25) is 0 Å². The number of benzene rings is 1. The molecule has 1 aromatic carbocycles. The molecule has 1 aliphatic heterocycles. The fraction of sp³-hybridized carbons (Fsp3) is 0.542. The molecular formula is C24H32FN5O. The molecule has 6 nitrogen and oxygen atoms in total. The van der Waals surface area contributed by atoms with E-state index in [0.29, 0.717) is 25.6 Å². The lowest BCUT2D eigenvalue weighted by atomic mass is 9.94. The molecule has 2 heterocycles. The summed E-state index contributed by atoms with van der Waals surface area (Å²) < 4.78 is 13.3. The largest absolute Gasteiger partial charge is 0.363 e. The fourth-order valence-electron chi connectivity index (χ4n) is 4.66. The van der Waals surface area contributed by atoms with Crippen LogP contribution in [0, 0.1) is 5.82 Å². The molecule has 1 aliphatic carbocycles. The summed E-state index contributed by atoms with van der Waals surface area (Å²) in [5, 5.41) is 0. The standard InChI is InChI=1S/C24H32FN5O/c1-28(2)23-14-21(26-22(27-23)16-29(3)19-7-5-4-6-8-19)17-13-24(31)30(15-17)20-11-9-18(25)10-12-20/h9-12,14,17,19H,4-8,13,15-16H2,1-3H3/t17-/m1/s1. The SMILES string of the molecule is CN(C)c1cc([C@@H]2CC(=O)N(c3ccc(F)cc3)C2)nc(CN(C)C2CCCCC2)n1. The summed E-state index contributed by atoms with van der Waals surface area (Å²) >= 11 is 0. The number of nitrogens with zero attached hydrogens (tertiary/aromatic N) is 5. The lowest BCUT2D eigenvalue weighted by Gasteiger charge is -2.31. The van der Waals surface area contributed by atoms with Crippen molar-refractivity contribution < 1.29 is 9.18 Å². The summed E-state index contributed by atoms with van der Waals surface area (Å²) in [6, 6.07) is 8.69. The molecule has 1 atom stereocenters. The van der Waals surface area contributed by atoms with E-state index in [9.17, 15) is 9.18 Å². The van der Waals surface area contributed by atoms with Gasteiger partial charge in [0.05, 0.1) is 12.2 Å². The molecule has 1 saturated heterocycles. The highest BCUT2D eigenvalue weighted by Crippen LogP contribution is 2.32. The van der Waals surface area contributed by atoms with E-state index in [1.807, 2.05) is 25.1 Å². The van der Waals surface area contributed by atoms with Crippen LogP contribution in [0.4, 0.5) is 15.9 Å². The van der Waals surface area contributed by atoms with E-state index < -0.39 is 0 Å². The third-order valence-electron chi connectivity index (χ3n) is 6.51. The molecule has 2 aromatic rings. The molecule has 31 heavy (non-hydrogen) atoms. The Labute approximate surface area is 184 Å². The summed E-state index contributed by atoms with van der Waals surface area (Å²) in [6.45, 7) is 1.26. The monoisotopic (exact) mass is 425 g/mol. The van der Waals surface area contributed by atoms with E-state index in [2.05, 4.69) is 11.9 Å². The highest BCUT2D eigenvalue weighted by atomic mass is 19.1. The average Bonchev–Trinajstić information content (AvgIpc) is 3.16.